The Morgan fingerprint density at radius 1 is 1.19 bits per heavy atom. The van der Waals surface area contributed by atoms with E-state index in [1.54, 1.807) is 23.5 Å². The average molecular weight is 415 g/mol. The summed E-state index contributed by atoms with van der Waals surface area (Å²) in [5.74, 6) is 0.883. The molecule has 2 aliphatic rings. The Kier molecular flexibility index (Phi) is 4.81. The molecule has 7 nitrogen and oxygen atoms in total. The van der Waals surface area contributed by atoms with E-state index < -0.39 is 10.0 Å². The predicted molar refractivity (Wildman–Crippen MR) is 101 cm³/mol. The van der Waals surface area contributed by atoms with Crippen molar-refractivity contribution in [3.8, 4) is 5.75 Å². The summed E-state index contributed by atoms with van der Waals surface area (Å²) in [6.45, 7) is 1.94. The van der Waals surface area contributed by atoms with Gasteiger partial charge in [0.15, 0.2) is 0 Å². The summed E-state index contributed by atoms with van der Waals surface area (Å²) in [7, 11) is -2.22. The van der Waals surface area contributed by atoms with Gasteiger partial charge in [-0.3, -0.25) is 0 Å². The van der Waals surface area contributed by atoms with Crippen LogP contribution in [0.4, 0.5) is 5.13 Å². The topological polar surface area (TPSA) is 75.6 Å². The van der Waals surface area contributed by atoms with Crippen LogP contribution in [0.15, 0.2) is 23.1 Å². The Hall–Kier alpha value is -1.42. The zero-order chi connectivity index (χ0) is 18.3. The number of aromatic nitrogens is 2. The summed E-state index contributed by atoms with van der Waals surface area (Å²) >= 11 is 7.62. The first-order valence-electron chi connectivity index (χ1n) is 8.41. The third-order valence-electron chi connectivity index (χ3n) is 4.61. The quantitative estimate of drug-likeness (QED) is 0.748. The number of rotatable bonds is 5. The number of hydrogen-bond donors (Lipinski definition) is 0. The smallest absolute Gasteiger partial charge is 0.246 e. The lowest BCUT2D eigenvalue weighted by molar-refractivity contribution is 0.374. The van der Waals surface area contributed by atoms with Crippen LogP contribution in [0.2, 0.25) is 5.02 Å². The van der Waals surface area contributed by atoms with E-state index in [-0.39, 0.29) is 4.90 Å². The molecule has 26 heavy (non-hydrogen) atoms. The van der Waals surface area contributed by atoms with Crippen molar-refractivity contribution in [1.29, 1.82) is 0 Å². The molecule has 4 rings (SSSR count). The lowest BCUT2D eigenvalue weighted by Crippen LogP contribution is -2.48. The number of methoxy groups -OCH3 is 1. The van der Waals surface area contributed by atoms with Crippen molar-refractivity contribution in [2.75, 3.05) is 38.2 Å². The molecule has 2 heterocycles. The number of hydrogen-bond acceptors (Lipinski definition) is 7. The molecule has 1 saturated heterocycles. The van der Waals surface area contributed by atoms with Gasteiger partial charge in [-0.15, -0.1) is 10.2 Å². The van der Waals surface area contributed by atoms with E-state index in [1.165, 1.54) is 30.3 Å². The van der Waals surface area contributed by atoms with Crippen LogP contribution >= 0.6 is 22.9 Å². The van der Waals surface area contributed by atoms with Crippen molar-refractivity contribution in [2.45, 2.75) is 23.7 Å². The number of anilines is 1. The van der Waals surface area contributed by atoms with Crippen LogP contribution in [-0.4, -0.2) is 56.2 Å². The molecular formula is C16H19ClN4O3S2. The molecule has 0 radical (unpaired) electrons. The van der Waals surface area contributed by atoms with Gasteiger partial charge in [-0.2, -0.15) is 4.31 Å². The van der Waals surface area contributed by atoms with Gasteiger partial charge >= 0.3 is 0 Å². The van der Waals surface area contributed by atoms with Crippen molar-refractivity contribution >= 4 is 38.1 Å². The van der Waals surface area contributed by atoms with Crippen molar-refractivity contribution in [3.05, 3.63) is 28.2 Å². The molecule has 140 valence electrons. The number of benzene rings is 1. The van der Waals surface area contributed by atoms with Gasteiger partial charge in [0.1, 0.15) is 15.7 Å². The second kappa shape index (κ2) is 6.95. The highest BCUT2D eigenvalue weighted by molar-refractivity contribution is 7.89. The van der Waals surface area contributed by atoms with Crippen LogP contribution in [0.3, 0.4) is 0 Å². The zero-order valence-corrected chi connectivity index (χ0v) is 16.6. The van der Waals surface area contributed by atoms with Gasteiger partial charge in [0.25, 0.3) is 0 Å². The van der Waals surface area contributed by atoms with Crippen LogP contribution in [-0.2, 0) is 10.0 Å². The standard InChI is InChI=1S/C16H19ClN4O3S2/c1-24-13-5-4-12(17)10-14(13)26(22,23)21-8-6-20(7-9-21)16-19-18-15(25-16)11-2-3-11/h4-5,10-11H,2-3,6-9H2,1H3. The predicted octanol–water partition coefficient (Wildman–Crippen LogP) is 2.59. The first-order valence-corrected chi connectivity index (χ1v) is 11.0. The molecule has 0 amide bonds. The molecule has 2 aromatic rings. The van der Waals surface area contributed by atoms with Gasteiger partial charge in [-0.25, -0.2) is 8.42 Å². The summed E-state index contributed by atoms with van der Waals surface area (Å²) < 4.78 is 32.7. The molecule has 0 N–H and O–H groups in total. The molecule has 1 saturated carbocycles. The highest BCUT2D eigenvalue weighted by Gasteiger charge is 2.33. The first-order chi connectivity index (χ1) is 12.5. The normalized spacial score (nSPS) is 18.9. The van der Waals surface area contributed by atoms with Crippen molar-refractivity contribution in [1.82, 2.24) is 14.5 Å². The van der Waals surface area contributed by atoms with Crippen molar-refractivity contribution < 1.29 is 13.2 Å². The maximum atomic E-state index is 13.0. The van der Waals surface area contributed by atoms with Crippen molar-refractivity contribution in [3.63, 3.8) is 0 Å². The lowest BCUT2D eigenvalue weighted by atomic mass is 10.3. The second-order valence-corrected chi connectivity index (χ2v) is 9.71. The third-order valence-corrected chi connectivity index (χ3v) is 7.91. The molecule has 1 aromatic heterocycles. The Bertz CT molecular complexity index is 906. The number of piperazine rings is 1. The minimum atomic E-state index is -3.67. The van der Waals surface area contributed by atoms with E-state index in [1.807, 2.05) is 0 Å². The molecule has 1 aliphatic carbocycles. The van der Waals surface area contributed by atoms with Crippen LogP contribution in [0, 0.1) is 0 Å². The molecule has 0 bridgehead atoms. The monoisotopic (exact) mass is 414 g/mol. The highest BCUT2D eigenvalue weighted by Crippen LogP contribution is 2.42. The fourth-order valence-corrected chi connectivity index (χ4v) is 5.87. The Balaban J connectivity index is 1.49. The van der Waals surface area contributed by atoms with Gasteiger partial charge in [-0.1, -0.05) is 22.9 Å². The summed E-state index contributed by atoms with van der Waals surface area (Å²) in [6, 6.07) is 4.63. The van der Waals surface area contributed by atoms with Gasteiger partial charge in [0.05, 0.1) is 7.11 Å². The van der Waals surface area contributed by atoms with Gasteiger partial charge in [0.2, 0.25) is 15.2 Å². The number of halogens is 1. The minimum absolute atomic E-state index is 0.105. The van der Waals surface area contributed by atoms with E-state index >= 15 is 0 Å². The minimum Gasteiger partial charge on any atom is -0.495 e. The second-order valence-electron chi connectivity index (χ2n) is 6.38. The summed E-state index contributed by atoms with van der Waals surface area (Å²) in [5.41, 5.74) is 0. The van der Waals surface area contributed by atoms with Crippen LogP contribution < -0.4 is 9.64 Å². The Morgan fingerprint density at radius 3 is 2.58 bits per heavy atom. The SMILES string of the molecule is COc1ccc(Cl)cc1S(=O)(=O)N1CCN(c2nnc(C3CC3)s2)CC1. The number of nitrogens with zero attached hydrogens (tertiary/aromatic N) is 4. The lowest BCUT2D eigenvalue weighted by Gasteiger charge is -2.33. The van der Waals surface area contributed by atoms with E-state index in [0.717, 1.165) is 10.1 Å². The number of sulfonamides is 1. The van der Waals surface area contributed by atoms with Crippen LogP contribution in [0.25, 0.3) is 0 Å². The maximum absolute atomic E-state index is 13.0. The summed E-state index contributed by atoms with van der Waals surface area (Å²) in [5, 5.41) is 10.9. The molecule has 0 unspecified atom stereocenters. The van der Waals surface area contributed by atoms with E-state index in [9.17, 15) is 8.42 Å². The van der Waals surface area contributed by atoms with Crippen LogP contribution in [0.5, 0.6) is 5.75 Å². The van der Waals surface area contributed by atoms with Gasteiger partial charge in [-0.05, 0) is 31.0 Å². The first kappa shape index (κ1) is 18.0. The molecule has 0 atom stereocenters. The third kappa shape index (κ3) is 3.40. The molecule has 0 spiro atoms. The Morgan fingerprint density at radius 2 is 1.92 bits per heavy atom. The van der Waals surface area contributed by atoms with Crippen molar-refractivity contribution in [2.24, 2.45) is 0 Å². The van der Waals surface area contributed by atoms with E-state index in [0.29, 0.717) is 42.9 Å². The van der Waals surface area contributed by atoms with Crippen LogP contribution in [0.1, 0.15) is 23.8 Å². The molecule has 1 aliphatic heterocycles. The summed E-state index contributed by atoms with van der Waals surface area (Å²) in [4.78, 5) is 2.21. The Labute approximate surface area is 161 Å². The molecule has 2 fully saturated rings. The largest absolute Gasteiger partial charge is 0.495 e. The van der Waals surface area contributed by atoms with E-state index in [4.69, 9.17) is 16.3 Å². The van der Waals surface area contributed by atoms with E-state index in [2.05, 4.69) is 15.1 Å². The fourth-order valence-electron chi connectivity index (χ4n) is 2.96. The molecular weight excluding hydrogens is 396 g/mol. The molecule has 1 aromatic carbocycles. The number of ether oxygens (including phenoxy) is 1. The van der Waals surface area contributed by atoms with Gasteiger partial charge < -0.3 is 9.64 Å². The molecule has 10 heteroatoms. The maximum Gasteiger partial charge on any atom is 0.246 e. The van der Waals surface area contributed by atoms with Gasteiger partial charge in [0, 0.05) is 37.1 Å². The summed E-state index contributed by atoms with van der Waals surface area (Å²) in [6.07, 6.45) is 2.39. The zero-order valence-electron chi connectivity index (χ0n) is 14.3. The fraction of sp³-hybridized carbons (Fsp3) is 0.500. The average Bonchev–Trinajstić information content (AvgIpc) is 3.39. The highest BCUT2D eigenvalue weighted by atomic mass is 35.5.